The number of aromatic nitrogens is 4. The lowest BCUT2D eigenvalue weighted by molar-refractivity contribution is 1.18. The zero-order valence-corrected chi connectivity index (χ0v) is 30.9. The number of nitrogens with zero attached hydrogens (tertiary/aromatic N) is 4. The summed E-state index contributed by atoms with van der Waals surface area (Å²) < 4.78 is 2.44. The van der Waals surface area contributed by atoms with E-state index in [1.165, 1.54) is 16.5 Å². The molecule has 0 spiro atoms. The van der Waals surface area contributed by atoms with Crippen molar-refractivity contribution in [1.82, 2.24) is 19.5 Å². The van der Waals surface area contributed by atoms with Crippen molar-refractivity contribution in [2.75, 3.05) is 0 Å². The van der Waals surface area contributed by atoms with Crippen molar-refractivity contribution in [1.29, 1.82) is 0 Å². The van der Waals surface area contributed by atoms with E-state index >= 15 is 0 Å². The third kappa shape index (κ3) is 5.58. The molecule has 8 aromatic carbocycles. The average Bonchev–Trinajstić information content (AvgIpc) is 3.64. The first-order valence-electron chi connectivity index (χ1n) is 19.3. The molecule has 11 aromatic rings. The van der Waals surface area contributed by atoms with Crippen LogP contribution in [0.4, 0.5) is 0 Å². The number of fused-ring (bicyclic) bond motifs is 6. The first-order valence-corrected chi connectivity index (χ1v) is 19.3. The molecular weight excluding hydrogens is 693 g/mol. The molecule has 0 atom stereocenters. The third-order valence-electron chi connectivity index (χ3n) is 11.0. The molecule has 4 nitrogen and oxygen atoms in total. The minimum absolute atomic E-state index is 0.685. The molecule has 3 heterocycles. The van der Waals surface area contributed by atoms with Gasteiger partial charge in [-0.1, -0.05) is 176 Å². The zero-order chi connectivity index (χ0) is 37.7. The van der Waals surface area contributed by atoms with Gasteiger partial charge in [0, 0.05) is 43.8 Å². The van der Waals surface area contributed by atoms with E-state index in [9.17, 15) is 0 Å². The van der Waals surface area contributed by atoms with E-state index in [-0.39, 0.29) is 0 Å². The first kappa shape index (κ1) is 32.7. The molecule has 0 N–H and O–H groups in total. The largest absolute Gasteiger partial charge is 0.308 e. The number of hydrogen-bond acceptors (Lipinski definition) is 3. The van der Waals surface area contributed by atoms with Crippen LogP contribution in [0.2, 0.25) is 0 Å². The van der Waals surface area contributed by atoms with Crippen molar-refractivity contribution in [2.45, 2.75) is 0 Å². The van der Waals surface area contributed by atoms with E-state index in [2.05, 4.69) is 199 Å². The van der Waals surface area contributed by atoms with Crippen LogP contribution in [0.15, 0.2) is 206 Å². The maximum atomic E-state index is 5.30. The van der Waals surface area contributed by atoms with Gasteiger partial charge >= 0.3 is 0 Å². The van der Waals surface area contributed by atoms with Gasteiger partial charge in [0.2, 0.25) is 0 Å². The number of para-hydroxylation sites is 2. The molecule has 0 aliphatic heterocycles. The van der Waals surface area contributed by atoms with Crippen LogP contribution in [0.5, 0.6) is 0 Å². The second-order valence-corrected chi connectivity index (χ2v) is 14.4. The van der Waals surface area contributed by atoms with Crippen molar-refractivity contribution < 1.29 is 0 Å². The van der Waals surface area contributed by atoms with Gasteiger partial charge in [-0.05, 0) is 46.8 Å². The molecule has 57 heavy (non-hydrogen) atoms. The second kappa shape index (κ2) is 13.6. The van der Waals surface area contributed by atoms with Crippen molar-refractivity contribution >= 4 is 43.5 Å². The van der Waals surface area contributed by atoms with Gasteiger partial charge in [0.1, 0.15) is 0 Å². The Hall–Kier alpha value is -7.69. The highest BCUT2D eigenvalue weighted by atomic mass is 15.0. The van der Waals surface area contributed by atoms with Crippen LogP contribution >= 0.6 is 0 Å². The number of rotatable bonds is 6. The monoisotopic (exact) mass is 726 g/mol. The zero-order valence-electron chi connectivity index (χ0n) is 30.9. The van der Waals surface area contributed by atoms with E-state index in [0.29, 0.717) is 5.82 Å². The van der Waals surface area contributed by atoms with Crippen LogP contribution in [0.3, 0.4) is 0 Å². The topological polar surface area (TPSA) is 43.6 Å². The summed E-state index contributed by atoms with van der Waals surface area (Å²) in [7, 11) is 0. The number of benzene rings is 8. The Morgan fingerprint density at radius 2 is 0.860 bits per heavy atom. The fourth-order valence-electron chi connectivity index (χ4n) is 8.35. The lowest BCUT2D eigenvalue weighted by atomic mass is 10.00. The lowest BCUT2D eigenvalue weighted by Crippen LogP contribution is -2.00. The maximum absolute atomic E-state index is 5.30. The minimum Gasteiger partial charge on any atom is -0.308 e. The Labute approximate surface area is 330 Å². The summed E-state index contributed by atoms with van der Waals surface area (Å²) in [5.41, 5.74) is 13.6. The van der Waals surface area contributed by atoms with E-state index in [1.807, 2.05) is 12.1 Å². The minimum atomic E-state index is 0.685. The summed E-state index contributed by atoms with van der Waals surface area (Å²) >= 11 is 0. The predicted octanol–water partition coefficient (Wildman–Crippen LogP) is 13.6. The summed E-state index contributed by atoms with van der Waals surface area (Å²) in [6.07, 6.45) is 0. The van der Waals surface area contributed by atoms with Crippen LogP contribution in [-0.4, -0.2) is 19.5 Å². The predicted molar refractivity (Wildman–Crippen MR) is 236 cm³/mol. The molecule has 0 aliphatic carbocycles. The Bertz CT molecular complexity index is 3260. The summed E-state index contributed by atoms with van der Waals surface area (Å²) in [6, 6.07) is 72.5. The first-order chi connectivity index (χ1) is 28.3. The van der Waals surface area contributed by atoms with Gasteiger partial charge in [0.05, 0.1) is 39.3 Å². The van der Waals surface area contributed by atoms with Gasteiger partial charge in [-0.25, -0.2) is 15.0 Å². The van der Waals surface area contributed by atoms with E-state index in [0.717, 1.165) is 83.1 Å². The normalized spacial score (nSPS) is 11.5. The van der Waals surface area contributed by atoms with E-state index in [4.69, 9.17) is 15.0 Å². The van der Waals surface area contributed by atoms with Crippen molar-refractivity contribution in [3.8, 4) is 62.0 Å². The molecule has 0 unspecified atom stereocenters. The maximum Gasteiger partial charge on any atom is 0.161 e. The van der Waals surface area contributed by atoms with Gasteiger partial charge in [-0.15, -0.1) is 0 Å². The average molecular weight is 727 g/mol. The fraction of sp³-hybridized carbons (Fsp3) is 0. The second-order valence-electron chi connectivity index (χ2n) is 14.4. The Morgan fingerprint density at radius 3 is 1.56 bits per heavy atom. The van der Waals surface area contributed by atoms with Gasteiger partial charge in [-0.3, -0.25) is 0 Å². The summed E-state index contributed by atoms with van der Waals surface area (Å²) in [5, 5.41) is 5.61. The Morgan fingerprint density at radius 1 is 0.351 bits per heavy atom. The van der Waals surface area contributed by atoms with Crippen LogP contribution in [0.25, 0.3) is 105 Å². The van der Waals surface area contributed by atoms with Gasteiger partial charge in [0.15, 0.2) is 5.82 Å². The van der Waals surface area contributed by atoms with Crippen molar-refractivity contribution in [3.63, 3.8) is 0 Å². The molecule has 0 amide bonds. The van der Waals surface area contributed by atoms with Crippen LogP contribution in [-0.2, 0) is 0 Å². The highest BCUT2D eigenvalue weighted by Gasteiger charge is 2.22. The molecule has 0 aliphatic rings. The van der Waals surface area contributed by atoms with Gasteiger partial charge in [-0.2, -0.15) is 0 Å². The smallest absolute Gasteiger partial charge is 0.161 e. The lowest BCUT2D eigenvalue weighted by Gasteiger charge is -2.16. The summed E-state index contributed by atoms with van der Waals surface area (Å²) in [4.78, 5) is 15.9. The standard InChI is InChI=1S/C53H34N4/c1-4-16-35(17-5-1)36-28-30-38(31-29-36)47-34-46(37-18-6-2-7-19-37)55-53(56-47)42-32-33-49(41-23-11-10-22-40(41)42)57-48-27-15-13-25-44(48)50-51(39-20-8-3-9-21-39)54-45-26-14-12-24-43(45)52(50)57/h1-34H. The number of pyridine rings is 1. The summed E-state index contributed by atoms with van der Waals surface area (Å²) in [6.45, 7) is 0. The Balaban J connectivity index is 1.15. The van der Waals surface area contributed by atoms with Gasteiger partial charge in [0.25, 0.3) is 0 Å². The van der Waals surface area contributed by atoms with Crippen LogP contribution in [0.1, 0.15) is 0 Å². The molecule has 0 bridgehead atoms. The fourth-order valence-corrected chi connectivity index (χ4v) is 8.35. The quantitative estimate of drug-likeness (QED) is 0.171. The third-order valence-corrected chi connectivity index (χ3v) is 11.0. The highest BCUT2D eigenvalue weighted by molar-refractivity contribution is 6.23. The molecule has 0 fully saturated rings. The molecule has 0 radical (unpaired) electrons. The molecule has 4 heteroatoms. The molecule has 11 rings (SSSR count). The van der Waals surface area contributed by atoms with Crippen LogP contribution in [0, 0.1) is 0 Å². The molecule has 3 aromatic heterocycles. The molecule has 0 saturated carbocycles. The van der Waals surface area contributed by atoms with Crippen molar-refractivity contribution in [3.05, 3.63) is 206 Å². The molecule has 0 saturated heterocycles. The van der Waals surface area contributed by atoms with Gasteiger partial charge < -0.3 is 4.57 Å². The number of hydrogen-bond donors (Lipinski definition) is 0. The van der Waals surface area contributed by atoms with Crippen LogP contribution < -0.4 is 0 Å². The van der Waals surface area contributed by atoms with E-state index < -0.39 is 0 Å². The van der Waals surface area contributed by atoms with Crippen molar-refractivity contribution in [2.24, 2.45) is 0 Å². The SMILES string of the molecule is c1ccc(-c2ccc(-c3cc(-c4ccccc4)nc(-c4ccc(-n5c6ccccc6c6c(-c7ccccc7)nc7ccccc7c65)c5ccccc45)n3)cc2)cc1. The van der Waals surface area contributed by atoms with E-state index in [1.54, 1.807) is 0 Å². The molecule has 266 valence electrons. The Kier molecular flexibility index (Phi) is 7.78. The molecular formula is C53H34N4. The highest BCUT2D eigenvalue weighted by Crippen LogP contribution is 2.43. The summed E-state index contributed by atoms with van der Waals surface area (Å²) in [5.74, 6) is 0.685.